The molecule has 1 heterocycles. The first kappa shape index (κ1) is 14.0. The molecule has 1 amide bonds. The molecular weight excluding hydrogens is 222 g/mol. The number of hydrogen-bond donors (Lipinski definition) is 1. The van der Waals surface area contributed by atoms with Gasteiger partial charge in [-0.2, -0.15) is 0 Å². The highest BCUT2D eigenvalue weighted by atomic mass is 16.6. The van der Waals surface area contributed by atoms with Crippen LogP contribution in [0.2, 0.25) is 0 Å². The number of aliphatic hydroxyl groups excluding tert-OH is 1. The molecular formula is C12H21NO4. The maximum atomic E-state index is 11.9. The summed E-state index contributed by atoms with van der Waals surface area (Å²) < 4.78 is 5.25. The molecule has 1 fully saturated rings. The van der Waals surface area contributed by atoms with Gasteiger partial charge in [0.15, 0.2) is 5.78 Å². The monoisotopic (exact) mass is 243 g/mol. The van der Waals surface area contributed by atoms with E-state index in [1.54, 1.807) is 20.8 Å². The van der Waals surface area contributed by atoms with Crippen LogP contribution in [0.4, 0.5) is 4.79 Å². The molecule has 0 aliphatic carbocycles. The highest BCUT2D eigenvalue weighted by Crippen LogP contribution is 2.25. The van der Waals surface area contributed by atoms with E-state index < -0.39 is 17.7 Å². The van der Waals surface area contributed by atoms with Crippen LogP contribution in [-0.2, 0) is 9.53 Å². The number of rotatable bonds is 2. The van der Waals surface area contributed by atoms with Gasteiger partial charge in [0.05, 0.1) is 6.04 Å². The number of amides is 1. The van der Waals surface area contributed by atoms with Gasteiger partial charge < -0.3 is 9.84 Å². The number of carbonyl (C=O) groups excluding carboxylic acids is 2. The van der Waals surface area contributed by atoms with Gasteiger partial charge in [-0.15, -0.1) is 0 Å². The van der Waals surface area contributed by atoms with Gasteiger partial charge in [0, 0.05) is 19.1 Å². The molecule has 0 aromatic carbocycles. The van der Waals surface area contributed by atoms with Gasteiger partial charge in [-0.1, -0.05) is 0 Å². The standard InChI is InChI=1S/C12H21NO4/c1-8(15)10-5-9(7-14)6-13(10)11(16)17-12(2,3)4/h9-10,14H,5-7H2,1-4H3/t9?,10-/m0/s1. The zero-order chi connectivity index (χ0) is 13.2. The van der Waals surface area contributed by atoms with Gasteiger partial charge in [0.25, 0.3) is 0 Å². The van der Waals surface area contributed by atoms with Crippen molar-refractivity contribution in [3.8, 4) is 0 Å². The van der Waals surface area contributed by atoms with Crippen LogP contribution in [0.5, 0.6) is 0 Å². The number of ketones is 1. The Bertz CT molecular complexity index is 308. The summed E-state index contributed by atoms with van der Waals surface area (Å²) in [6, 6.07) is -0.456. The van der Waals surface area contributed by atoms with Crippen LogP contribution in [0.3, 0.4) is 0 Å². The summed E-state index contributed by atoms with van der Waals surface area (Å²) in [7, 11) is 0. The average Bonchev–Trinajstić information content (AvgIpc) is 2.58. The van der Waals surface area contributed by atoms with Crippen LogP contribution in [0.1, 0.15) is 34.1 Å². The predicted molar refractivity (Wildman–Crippen MR) is 62.6 cm³/mol. The summed E-state index contributed by atoms with van der Waals surface area (Å²) in [5.74, 6) is -0.0942. The van der Waals surface area contributed by atoms with E-state index in [4.69, 9.17) is 9.84 Å². The minimum atomic E-state index is -0.574. The molecule has 1 aliphatic heterocycles. The average molecular weight is 243 g/mol. The molecule has 1 unspecified atom stereocenters. The van der Waals surface area contributed by atoms with E-state index in [1.807, 2.05) is 0 Å². The lowest BCUT2D eigenvalue weighted by molar-refractivity contribution is -0.121. The maximum Gasteiger partial charge on any atom is 0.410 e. The van der Waals surface area contributed by atoms with E-state index in [1.165, 1.54) is 11.8 Å². The molecule has 1 aliphatic rings. The lowest BCUT2D eigenvalue weighted by atomic mass is 10.0. The van der Waals surface area contributed by atoms with Crippen molar-refractivity contribution in [2.45, 2.75) is 45.8 Å². The summed E-state index contributed by atoms with van der Waals surface area (Å²) in [4.78, 5) is 24.8. The number of ether oxygens (including phenoxy) is 1. The third-order valence-corrected chi connectivity index (χ3v) is 2.74. The minimum Gasteiger partial charge on any atom is -0.444 e. The Morgan fingerprint density at radius 1 is 1.41 bits per heavy atom. The lowest BCUT2D eigenvalue weighted by Gasteiger charge is -2.27. The number of likely N-dealkylation sites (tertiary alicyclic amines) is 1. The molecule has 0 spiro atoms. The van der Waals surface area contributed by atoms with E-state index in [2.05, 4.69) is 0 Å². The van der Waals surface area contributed by atoms with Gasteiger partial charge in [0.2, 0.25) is 0 Å². The second-order valence-corrected chi connectivity index (χ2v) is 5.54. The van der Waals surface area contributed by atoms with Crippen LogP contribution in [0, 0.1) is 5.92 Å². The van der Waals surface area contributed by atoms with Crippen LogP contribution in [-0.4, -0.2) is 46.7 Å². The molecule has 98 valence electrons. The van der Waals surface area contributed by atoms with Gasteiger partial charge in [-0.05, 0) is 34.1 Å². The van der Waals surface area contributed by atoms with Crippen molar-refractivity contribution < 1.29 is 19.4 Å². The smallest absolute Gasteiger partial charge is 0.410 e. The summed E-state index contributed by atoms with van der Waals surface area (Å²) >= 11 is 0. The normalized spacial score (nSPS) is 24.9. The second kappa shape index (κ2) is 5.04. The quantitative estimate of drug-likeness (QED) is 0.791. The first-order valence-corrected chi connectivity index (χ1v) is 5.85. The molecule has 5 heteroatoms. The van der Waals surface area contributed by atoms with Gasteiger partial charge in [-0.25, -0.2) is 4.79 Å². The SMILES string of the molecule is CC(=O)[C@@H]1CC(CO)CN1C(=O)OC(C)(C)C. The Labute approximate surface area is 102 Å². The van der Waals surface area contributed by atoms with Crippen molar-refractivity contribution in [3.63, 3.8) is 0 Å². The Kier molecular flexibility index (Phi) is 4.14. The van der Waals surface area contributed by atoms with Crippen molar-refractivity contribution in [2.24, 2.45) is 5.92 Å². The van der Waals surface area contributed by atoms with Crippen LogP contribution in [0.15, 0.2) is 0 Å². The highest BCUT2D eigenvalue weighted by molar-refractivity contribution is 5.86. The number of hydrogen-bond acceptors (Lipinski definition) is 4. The third-order valence-electron chi connectivity index (χ3n) is 2.74. The van der Waals surface area contributed by atoms with E-state index in [9.17, 15) is 9.59 Å². The van der Waals surface area contributed by atoms with Gasteiger partial charge in [-0.3, -0.25) is 9.69 Å². The molecule has 17 heavy (non-hydrogen) atoms. The molecule has 1 saturated heterocycles. The fourth-order valence-electron chi connectivity index (χ4n) is 1.96. The van der Waals surface area contributed by atoms with E-state index in [0.717, 1.165) is 0 Å². The minimum absolute atomic E-state index is 0.0108. The third kappa shape index (κ3) is 3.70. The predicted octanol–water partition coefficient (Wildman–Crippen LogP) is 1.19. The van der Waals surface area contributed by atoms with Crippen LogP contribution >= 0.6 is 0 Å². The summed E-state index contributed by atoms with van der Waals surface area (Å²) in [6.07, 6.45) is 0.0408. The van der Waals surface area contributed by atoms with E-state index in [0.29, 0.717) is 13.0 Å². The zero-order valence-electron chi connectivity index (χ0n) is 10.9. The largest absolute Gasteiger partial charge is 0.444 e. The number of carbonyl (C=O) groups is 2. The number of nitrogens with zero attached hydrogens (tertiary/aromatic N) is 1. The molecule has 0 aromatic heterocycles. The van der Waals surface area contributed by atoms with Crippen molar-refractivity contribution in [1.82, 2.24) is 4.90 Å². The van der Waals surface area contributed by atoms with Crippen LogP contribution < -0.4 is 0 Å². The van der Waals surface area contributed by atoms with Crippen molar-refractivity contribution in [1.29, 1.82) is 0 Å². The molecule has 1 rings (SSSR count). The Balaban J connectivity index is 2.73. The molecule has 0 saturated carbocycles. The molecule has 0 radical (unpaired) electrons. The Hall–Kier alpha value is -1.10. The first-order valence-electron chi connectivity index (χ1n) is 5.85. The topological polar surface area (TPSA) is 66.8 Å². The lowest BCUT2D eigenvalue weighted by Crippen LogP contribution is -2.42. The molecule has 2 atom stereocenters. The summed E-state index contributed by atoms with van der Waals surface area (Å²) in [5, 5.41) is 9.11. The molecule has 1 N–H and O–H groups in total. The number of aliphatic hydroxyl groups is 1. The Morgan fingerprint density at radius 3 is 2.41 bits per heavy atom. The van der Waals surface area contributed by atoms with Crippen molar-refractivity contribution in [2.75, 3.05) is 13.2 Å². The van der Waals surface area contributed by atoms with Crippen molar-refractivity contribution >= 4 is 11.9 Å². The summed E-state index contributed by atoms with van der Waals surface area (Å²) in [5.41, 5.74) is -0.574. The fourth-order valence-corrected chi connectivity index (χ4v) is 1.96. The highest BCUT2D eigenvalue weighted by Gasteiger charge is 2.39. The molecule has 0 aromatic rings. The van der Waals surface area contributed by atoms with Gasteiger partial charge in [0.1, 0.15) is 5.60 Å². The summed E-state index contributed by atoms with van der Waals surface area (Å²) in [6.45, 7) is 7.19. The van der Waals surface area contributed by atoms with Gasteiger partial charge >= 0.3 is 6.09 Å². The molecule has 5 nitrogen and oxygen atoms in total. The fraction of sp³-hybridized carbons (Fsp3) is 0.833. The van der Waals surface area contributed by atoms with E-state index >= 15 is 0 Å². The van der Waals surface area contributed by atoms with E-state index in [-0.39, 0.29) is 18.3 Å². The number of Topliss-reactive ketones (excluding diaryl/α,β-unsaturated/α-hetero) is 1. The zero-order valence-corrected chi connectivity index (χ0v) is 10.9. The van der Waals surface area contributed by atoms with Crippen molar-refractivity contribution in [3.05, 3.63) is 0 Å². The molecule has 0 bridgehead atoms. The maximum absolute atomic E-state index is 11.9. The Morgan fingerprint density at radius 2 is 2.00 bits per heavy atom. The first-order chi connectivity index (χ1) is 7.74. The second-order valence-electron chi connectivity index (χ2n) is 5.54. The van der Waals surface area contributed by atoms with Crippen LogP contribution in [0.25, 0.3) is 0 Å².